The lowest BCUT2D eigenvalue weighted by atomic mass is 9.98. The van der Waals surface area contributed by atoms with Crippen LogP contribution in [0, 0.1) is 5.82 Å². The van der Waals surface area contributed by atoms with Gasteiger partial charge < -0.3 is 5.32 Å². The minimum Gasteiger partial charge on any atom is -0.381 e. The number of benzene rings is 1. The molecule has 0 unspecified atom stereocenters. The SMILES string of the molecule is CC(C)(C)N1CCC(Nc2ccc(F)cc2S(=O)(=O)C(F)(F)F)CC1. The number of rotatable bonds is 3. The number of sulfone groups is 1. The van der Waals surface area contributed by atoms with Crippen molar-refractivity contribution < 1.29 is 26.0 Å². The maximum absolute atomic E-state index is 13.4. The molecule has 1 aromatic carbocycles. The standard InChI is InChI=1S/C16H22F4N2O2S/c1-15(2,3)22-8-6-12(7-9-22)21-13-5-4-11(17)10-14(13)25(23,24)16(18,19)20/h4-5,10,12,21H,6-9H2,1-3H3. The van der Waals surface area contributed by atoms with E-state index < -0.39 is 26.1 Å². The molecule has 4 nitrogen and oxygen atoms in total. The van der Waals surface area contributed by atoms with Crippen LogP contribution in [-0.2, 0) is 9.84 Å². The summed E-state index contributed by atoms with van der Waals surface area (Å²) in [6, 6.07) is 2.23. The van der Waals surface area contributed by atoms with Crippen molar-refractivity contribution in [1.29, 1.82) is 0 Å². The van der Waals surface area contributed by atoms with Crippen molar-refractivity contribution >= 4 is 15.5 Å². The topological polar surface area (TPSA) is 49.4 Å². The molecule has 0 spiro atoms. The Labute approximate surface area is 145 Å². The number of likely N-dealkylation sites (tertiary alicyclic amines) is 1. The Balaban J connectivity index is 2.22. The van der Waals surface area contributed by atoms with E-state index >= 15 is 0 Å². The van der Waals surface area contributed by atoms with Gasteiger partial charge in [0.25, 0.3) is 9.84 Å². The lowest BCUT2D eigenvalue weighted by molar-refractivity contribution is -0.0435. The maximum atomic E-state index is 13.4. The van der Waals surface area contributed by atoms with Crippen molar-refractivity contribution in [3.05, 3.63) is 24.0 Å². The Morgan fingerprint density at radius 3 is 2.16 bits per heavy atom. The number of anilines is 1. The van der Waals surface area contributed by atoms with Gasteiger partial charge in [-0.15, -0.1) is 0 Å². The van der Waals surface area contributed by atoms with Crippen LogP contribution in [0.1, 0.15) is 33.6 Å². The highest BCUT2D eigenvalue weighted by atomic mass is 32.2. The average Bonchev–Trinajstić information content (AvgIpc) is 2.47. The number of piperidine rings is 1. The van der Waals surface area contributed by atoms with Gasteiger partial charge in [-0.3, -0.25) is 4.90 Å². The number of nitrogens with zero attached hydrogens (tertiary/aromatic N) is 1. The lowest BCUT2D eigenvalue weighted by Crippen LogP contribution is -2.48. The predicted octanol–water partition coefficient (Wildman–Crippen LogP) is 3.79. The molecule has 1 saturated heterocycles. The second kappa shape index (κ2) is 6.75. The van der Waals surface area contributed by atoms with Crippen molar-refractivity contribution in [2.45, 2.75) is 55.6 Å². The summed E-state index contributed by atoms with van der Waals surface area (Å²) in [6.45, 7) is 7.71. The van der Waals surface area contributed by atoms with Crippen molar-refractivity contribution in [1.82, 2.24) is 4.90 Å². The zero-order chi connectivity index (χ0) is 19.0. The molecule has 0 aromatic heterocycles. The van der Waals surface area contributed by atoms with Crippen LogP contribution in [0.5, 0.6) is 0 Å². The highest BCUT2D eigenvalue weighted by molar-refractivity contribution is 7.92. The second-order valence-electron chi connectivity index (χ2n) is 7.17. The molecule has 1 aliphatic rings. The second-order valence-corrected chi connectivity index (χ2v) is 9.08. The fraction of sp³-hybridized carbons (Fsp3) is 0.625. The molecule has 0 radical (unpaired) electrons. The molecule has 1 N–H and O–H groups in total. The highest BCUT2D eigenvalue weighted by Gasteiger charge is 2.48. The minimum atomic E-state index is -5.63. The van der Waals surface area contributed by atoms with E-state index in [9.17, 15) is 26.0 Å². The first-order chi connectivity index (χ1) is 11.3. The molecule has 142 valence electrons. The average molecular weight is 382 g/mol. The lowest BCUT2D eigenvalue weighted by Gasteiger charge is -2.41. The van der Waals surface area contributed by atoms with Crippen LogP contribution in [0.15, 0.2) is 23.1 Å². The Morgan fingerprint density at radius 2 is 1.68 bits per heavy atom. The zero-order valence-corrected chi connectivity index (χ0v) is 15.1. The summed E-state index contributed by atoms with van der Waals surface area (Å²) in [4.78, 5) is 1.18. The van der Waals surface area contributed by atoms with Crippen molar-refractivity contribution in [3.8, 4) is 0 Å². The molecular weight excluding hydrogens is 360 g/mol. The summed E-state index contributed by atoms with van der Waals surface area (Å²) in [7, 11) is -5.63. The predicted molar refractivity (Wildman–Crippen MR) is 87.6 cm³/mol. The number of nitrogens with one attached hydrogen (secondary N) is 1. The van der Waals surface area contributed by atoms with Crippen LogP contribution in [0.2, 0.25) is 0 Å². The molecule has 2 rings (SSSR count). The van der Waals surface area contributed by atoms with Crippen LogP contribution < -0.4 is 5.32 Å². The molecule has 1 aliphatic heterocycles. The molecule has 9 heteroatoms. The van der Waals surface area contributed by atoms with Crippen LogP contribution in [0.25, 0.3) is 0 Å². The van der Waals surface area contributed by atoms with E-state index in [1.165, 1.54) is 0 Å². The minimum absolute atomic E-state index is 0.00830. The first kappa shape index (κ1) is 20.0. The summed E-state index contributed by atoms with van der Waals surface area (Å²) >= 11 is 0. The molecule has 1 heterocycles. The van der Waals surface area contributed by atoms with Gasteiger partial charge in [-0.25, -0.2) is 12.8 Å². The van der Waals surface area contributed by atoms with E-state index in [-0.39, 0.29) is 17.3 Å². The third kappa shape index (κ3) is 4.44. The Bertz CT molecular complexity index is 719. The van der Waals surface area contributed by atoms with Crippen LogP contribution in [-0.4, -0.2) is 43.5 Å². The van der Waals surface area contributed by atoms with E-state index in [0.717, 1.165) is 25.2 Å². The third-order valence-electron chi connectivity index (χ3n) is 4.34. The highest BCUT2D eigenvalue weighted by Crippen LogP contribution is 2.35. The molecule has 0 amide bonds. The van der Waals surface area contributed by atoms with Gasteiger partial charge in [0.15, 0.2) is 0 Å². The van der Waals surface area contributed by atoms with Gasteiger partial charge in [0.1, 0.15) is 10.7 Å². The van der Waals surface area contributed by atoms with Gasteiger partial charge in [-0.05, 0) is 51.8 Å². The quantitative estimate of drug-likeness (QED) is 0.808. The van der Waals surface area contributed by atoms with Gasteiger partial charge in [-0.2, -0.15) is 13.2 Å². The van der Waals surface area contributed by atoms with Gasteiger partial charge >= 0.3 is 5.51 Å². The van der Waals surface area contributed by atoms with Gasteiger partial charge in [0.05, 0.1) is 5.69 Å². The molecular formula is C16H22F4N2O2S. The summed E-state index contributed by atoms with van der Waals surface area (Å²) in [5, 5.41) is 2.85. The maximum Gasteiger partial charge on any atom is 0.501 e. The molecule has 0 aliphatic carbocycles. The van der Waals surface area contributed by atoms with Crippen molar-refractivity contribution in [2.24, 2.45) is 0 Å². The summed E-state index contributed by atoms with van der Waals surface area (Å²) in [5.41, 5.74) is -5.70. The van der Waals surface area contributed by atoms with Crippen LogP contribution >= 0.6 is 0 Å². The molecule has 1 aromatic rings. The van der Waals surface area contributed by atoms with Crippen LogP contribution in [0.4, 0.5) is 23.2 Å². The van der Waals surface area contributed by atoms with Crippen molar-refractivity contribution in [3.63, 3.8) is 0 Å². The number of halogens is 4. The molecule has 0 atom stereocenters. The van der Waals surface area contributed by atoms with E-state index in [2.05, 4.69) is 31.0 Å². The zero-order valence-electron chi connectivity index (χ0n) is 14.3. The van der Waals surface area contributed by atoms with Gasteiger partial charge in [0, 0.05) is 24.7 Å². The normalized spacial score (nSPS) is 18.4. The van der Waals surface area contributed by atoms with Gasteiger partial charge in [-0.1, -0.05) is 0 Å². The fourth-order valence-electron chi connectivity index (χ4n) is 2.88. The Kier molecular flexibility index (Phi) is 5.39. The summed E-state index contributed by atoms with van der Waals surface area (Å²) in [5.74, 6) is -1.03. The van der Waals surface area contributed by atoms with Crippen LogP contribution in [0.3, 0.4) is 0 Å². The smallest absolute Gasteiger partial charge is 0.381 e. The molecule has 25 heavy (non-hydrogen) atoms. The molecule has 0 bridgehead atoms. The third-order valence-corrected chi connectivity index (χ3v) is 5.87. The number of hydrogen-bond acceptors (Lipinski definition) is 4. The van der Waals surface area contributed by atoms with Gasteiger partial charge in [0.2, 0.25) is 0 Å². The first-order valence-corrected chi connectivity index (χ1v) is 9.43. The van der Waals surface area contributed by atoms with Crippen molar-refractivity contribution in [2.75, 3.05) is 18.4 Å². The Hall–Kier alpha value is -1.35. The van der Waals surface area contributed by atoms with E-state index in [1.54, 1.807) is 0 Å². The monoisotopic (exact) mass is 382 g/mol. The molecule has 1 fully saturated rings. The van der Waals surface area contributed by atoms with E-state index in [1.807, 2.05) is 0 Å². The summed E-state index contributed by atoms with van der Waals surface area (Å²) in [6.07, 6.45) is 1.31. The molecule has 0 saturated carbocycles. The fourth-order valence-corrected chi connectivity index (χ4v) is 3.81. The largest absolute Gasteiger partial charge is 0.501 e. The Morgan fingerprint density at radius 1 is 1.12 bits per heavy atom. The van der Waals surface area contributed by atoms with E-state index in [4.69, 9.17) is 0 Å². The summed E-state index contributed by atoms with van der Waals surface area (Å²) < 4.78 is 75.3. The first-order valence-electron chi connectivity index (χ1n) is 7.95. The number of alkyl halides is 3. The van der Waals surface area contributed by atoms with E-state index in [0.29, 0.717) is 18.9 Å². The number of hydrogen-bond donors (Lipinski definition) is 1.